The van der Waals surface area contributed by atoms with Crippen LogP contribution in [0.3, 0.4) is 0 Å². The Morgan fingerprint density at radius 2 is 2.18 bits per heavy atom. The maximum Gasteiger partial charge on any atom is 0.122 e. The standard InChI is InChI=1S/C14H21NO2/c1-15-9-4-5-12(15)8-10-17-14-7-3-6-13(11-14)16-2/h3,6-7,11-12H,4-5,8-10H2,1-2H3. The van der Waals surface area contributed by atoms with Crippen molar-refractivity contribution in [1.82, 2.24) is 4.90 Å². The first-order valence-corrected chi connectivity index (χ1v) is 6.26. The van der Waals surface area contributed by atoms with E-state index < -0.39 is 0 Å². The summed E-state index contributed by atoms with van der Waals surface area (Å²) in [5.41, 5.74) is 0. The van der Waals surface area contributed by atoms with Gasteiger partial charge in [0.05, 0.1) is 13.7 Å². The van der Waals surface area contributed by atoms with E-state index in [-0.39, 0.29) is 0 Å². The lowest BCUT2D eigenvalue weighted by atomic mass is 10.1. The van der Waals surface area contributed by atoms with Crippen molar-refractivity contribution >= 4 is 0 Å². The molecule has 0 amide bonds. The molecule has 17 heavy (non-hydrogen) atoms. The third-order valence-corrected chi connectivity index (χ3v) is 3.43. The van der Waals surface area contributed by atoms with E-state index in [2.05, 4.69) is 11.9 Å². The summed E-state index contributed by atoms with van der Waals surface area (Å²) in [4.78, 5) is 2.43. The lowest BCUT2D eigenvalue weighted by molar-refractivity contribution is 0.233. The van der Waals surface area contributed by atoms with Crippen LogP contribution in [0.2, 0.25) is 0 Å². The minimum absolute atomic E-state index is 0.695. The first-order valence-electron chi connectivity index (χ1n) is 6.26. The van der Waals surface area contributed by atoms with E-state index in [0.29, 0.717) is 6.04 Å². The lowest BCUT2D eigenvalue weighted by Gasteiger charge is -2.19. The Balaban J connectivity index is 1.77. The largest absolute Gasteiger partial charge is 0.497 e. The van der Waals surface area contributed by atoms with Crippen molar-refractivity contribution in [2.75, 3.05) is 27.3 Å². The molecule has 2 rings (SSSR count). The number of ether oxygens (including phenoxy) is 2. The number of benzene rings is 1. The summed E-state index contributed by atoms with van der Waals surface area (Å²) in [6, 6.07) is 8.48. The Morgan fingerprint density at radius 3 is 2.88 bits per heavy atom. The van der Waals surface area contributed by atoms with Crippen molar-refractivity contribution in [1.29, 1.82) is 0 Å². The zero-order chi connectivity index (χ0) is 12.1. The molecule has 0 radical (unpaired) electrons. The van der Waals surface area contributed by atoms with Crippen molar-refractivity contribution < 1.29 is 9.47 Å². The minimum atomic E-state index is 0.695. The highest BCUT2D eigenvalue weighted by molar-refractivity contribution is 5.32. The van der Waals surface area contributed by atoms with Crippen LogP contribution < -0.4 is 9.47 Å². The molecule has 1 aliphatic heterocycles. The molecule has 1 saturated heterocycles. The van der Waals surface area contributed by atoms with Gasteiger partial charge in [-0.25, -0.2) is 0 Å². The Kier molecular flexibility index (Phi) is 4.26. The van der Waals surface area contributed by atoms with E-state index >= 15 is 0 Å². The monoisotopic (exact) mass is 235 g/mol. The van der Waals surface area contributed by atoms with Gasteiger partial charge < -0.3 is 14.4 Å². The topological polar surface area (TPSA) is 21.7 Å². The van der Waals surface area contributed by atoms with Crippen LogP contribution in [-0.2, 0) is 0 Å². The molecular weight excluding hydrogens is 214 g/mol. The molecule has 1 fully saturated rings. The molecule has 0 N–H and O–H groups in total. The van der Waals surface area contributed by atoms with Gasteiger partial charge in [0, 0.05) is 12.1 Å². The van der Waals surface area contributed by atoms with Gasteiger partial charge in [-0.1, -0.05) is 6.07 Å². The fraction of sp³-hybridized carbons (Fsp3) is 0.571. The van der Waals surface area contributed by atoms with E-state index in [9.17, 15) is 0 Å². The molecule has 1 heterocycles. The molecule has 1 atom stereocenters. The number of nitrogens with zero attached hydrogens (tertiary/aromatic N) is 1. The number of likely N-dealkylation sites (tertiary alicyclic amines) is 1. The van der Waals surface area contributed by atoms with Gasteiger partial charge in [0.2, 0.25) is 0 Å². The quantitative estimate of drug-likeness (QED) is 0.783. The number of methoxy groups -OCH3 is 1. The van der Waals surface area contributed by atoms with E-state index in [1.54, 1.807) is 7.11 Å². The highest BCUT2D eigenvalue weighted by Crippen LogP contribution is 2.21. The van der Waals surface area contributed by atoms with Gasteiger partial charge in [-0.3, -0.25) is 0 Å². The molecule has 0 spiro atoms. The second-order valence-corrected chi connectivity index (χ2v) is 4.59. The molecule has 0 saturated carbocycles. The lowest BCUT2D eigenvalue weighted by Crippen LogP contribution is -2.26. The summed E-state index contributed by atoms with van der Waals surface area (Å²) < 4.78 is 10.9. The summed E-state index contributed by atoms with van der Waals surface area (Å²) in [5.74, 6) is 1.74. The molecule has 3 heteroatoms. The summed E-state index contributed by atoms with van der Waals surface area (Å²) in [7, 11) is 3.87. The minimum Gasteiger partial charge on any atom is -0.497 e. The highest BCUT2D eigenvalue weighted by Gasteiger charge is 2.20. The fourth-order valence-corrected chi connectivity index (χ4v) is 2.35. The van der Waals surface area contributed by atoms with Crippen LogP contribution >= 0.6 is 0 Å². The van der Waals surface area contributed by atoms with Crippen molar-refractivity contribution in [3.63, 3.8) is 0 Å². The van der Waals surface area contributed by atoms with Gasteiger partial charge in [0.15, 0.2) is 0 Å². The summed E-state index contributed by atoms with van der Waals surface area (Å²) in [5, 5.41) is 0. The predicted octanol–water partition coefficient (Wildman–Crippen LogP) is 2.56. The Labute approximate surface area is 103 Å². The molecule has 3 nitrogen and oxygen atoms in total. The van der Waals surface area contributed by atoms with E-state index in [1.165, 1.54) is 19.4 Å². The van der Waals surface area contributed by atoms with Crippen molar-refractivity contribution in [2.24, 2.45) is 0 Å². The van der Waals surface area contributed by atoms with Crippen molar-refractivity contribution in [3.05, 3.63) is 24.3 Å². The van der Waals surface area contributed by atoms with Crippen molar-refractivity contribution in [3.8, 4) is 11.5 Å². The molecule has 1 aromatic rings. The van der Waals surface area contributed by atoms with Crippen LogP contribution in [0, 0.1) is 0 Å². The molecule has 0 bridgehead atoms. The summed E-state index contributed by atoms with van der Waals surface area (Å²) in [6.07, 6.45) is 3.73. The number of hydrogen-bond acceptors (Lipinski definition) is 3. The molecule has 1 aromatic carbocycles. The normalized spacial score (nSPS) is 20.5. The first-order chi connectivity index (χ1) is 8.29. The molecule has 0 aliphatic carbocycles. The van der Waals surface area contributed by atoms with Crippen LogP contribution in [0.25, 0.3) is 0 Å². The molecule has 94 valence electrons. The Hall–Kier alpha value is -1.22. The van der Waals surface area contributed by atoms with E-state index in [0.717, 1.165) is 24.5 Å². The summed E-state index contributed by atoms with van der Waals surface area (Å²) >= 11 is 0. The average molecular weight is 235 g/mol. The Morgan fingerprint density at radius 1 is 1.35 bits per heavy atom. The van der Waals surface area contributed by atoms with Gasteiger partial charge in [-0.2, -0.15) is 0 Å². The zero-order valence-corrected chi connectivity index (χ0v) is 10.7. The van der Waals surface area contributed by atoms with Gasteiger partial charge in [0.1, 0.15) is 11.5 Å². The maximum atomic E-state index is 5.75. The summed E-state index contributed by atoms with van der Waals surface area (Å²) in [6.45, 7) is 2.01. The van der Waals surface area contributed by atoms with Crippen molar-refractivity contribution in [2.45, 2.75) is 25.3 Å². The number of hydrogen-bond donors (Lipinski definition) is 0. The maximum absolute atomic E-state index is 5.75. The van der Waals surface area contributed by atoms with E-state index in [4.69, 9.17) is 9.47 Å². The predicted molar refractivity (Wildman–Crippen MR) is 68.8 cm³/mol. The SMILES string of the molecule is COc1cccc(OCCC2CCCN2C)c1. The number of rotatable bonds is 5. The van der Waals surface area contributed by atoms with Crippen LogP contribution in [0.15, 0.2) is 24.3 Å². The van der Waals surface area contributed by atoms with Gasteiger partial charge in [-0.05, 0) is 45.0 Å². The van der Waals surface area contributed by atoms with Gasteiger partial charge in [0.25, 0.3) is 0 Å². The van der Waals surface area contributed by atoms with Gasteiger partial charge in [-0.15, -0.1) is 0 Å². The third-order valence-electron chi connectivity index (χ3n) is 3.43. The highest BCUT2D eigenvalue weighted by atomic mass is 16.5. The average Bonchev–Trinajstić information content (AvgIpc) is 2.76. The molecular formula is C14H21NO2. The molecule has 0 aromatic heterocycles. The zero-order valence-electron chi connectivity index (χ0n) is 10.7. The second-order valence-electron chi connectivity index (χ2n) is 4.59. The van der Waals surface area contributed by atoms with Crippen LogP contribution in [0.5, 0.6) is 11.5 Å². The smallest absolute Gasteiger partial charge is 0.122 e. The van der Waals surface area contributed by atoms with Crippen LogP contribution in [0.1, 0.15) is 19.3 Å². The third kappa shape index (κ3) is 3.37. The van der Waals surface area contributed by atoms with E-state index in [1.807, 2.05) is 24.3 Å². The van der Waals surface area contributed by atoms with Crippen LogP contribution in [0.4, 0.5) is 0 Å². The molecule has 1 unspecified atom stereocenters. The second kappa shape index (κ2) is 5.92. The Bertz CT molecular complexity index is 354. The van der Waals surface area contributed by atoms with Crippen LogP contribution in [-0.4, -0.2) is 38.3 Å². The fourth-order valence-electron chi connectivity index (χ4n) is 2.35. The van der Waals surface area contributed by atoms with Gasteiger partial charge >= 0.3 is 0 Å². The first kappa shape index (κ1) is 12.2. The molecule has 1 aliphatic rings.